The van der Waals surface area contributed by atoms with Gasteiger partial charge in [-0.15, -0.1) is 0 Å². The lowest BCUT2D eigenvalue weighted by atomic mass is 9.81. The molecule has 1 aliphatic carbocycles. The van der Waals surface area contributed by atoms with E-state index in [9.17, 15) is 19.5 Å². The van der Waals surface area contributed by atoms with E-state index in [0.717, 1.165) is 93.6 Å². The third kappa shape index (κ3) is 6.67. The highest BCUT2D eigenvalue weighted by molar-refractivity contribution is 6.36. The monoisotopic (exact) mass is 698 g/mol. The highest BCUT2D eigenvalue weighted by Crippen LogP contribution is 2.41. The number of aldehydes is 1. The molecule has 4 aromatic rings. The zero-order chi connectivity index (χ0) is 34.9. The minimum atomic E-state index is -0.430. The number of phenols is 1. The largest absolute Gasteiger partial charge is 0.505 e. The number of halogens is 1. The molecule has 0 atom stereocenters. The summed E-state index contributed by atoms with van der Waals surface area (Å²) in [7, 11) is 3.69. The smallest absolute Gasteiger partial charge is 0.291 e. The highest BCUT2D eigenvalue weighted by atomic mass is 35.5. The van der Waals surface area contributed by atoms with Gasteiger partial charge in [0.1, 0.15) is 12.0 Å². The molecule has 2 amide bonds. The molecule has 0 spiro atoms. The number of anilines is 2. The standard InChI is InChI=1S/C37H43ClN8O4/c1-44-30-13-16-39-19-28(30)40-34(44)37(50)43-27-8-4-6-25(33(27)48)24-5-3-7-26(32(24)38)42-36(49)35-41-29-20-46(18-15-31(29)45(35)2)17-14-22-9-11-23(21-47)12-10-22/h3-8,21-23,39,48H,9-20H2,1-2H3,(H,42,49)(H,43,50). The molecule has 3 aliphatic rings. The van der Waals surface area contributed by atoms with Crippen molar-refractivity contribution in [1.82, 2.24) is 29.3 Å². The Morgan fingerprint density at radius 3 is 2.26 bits per heavy atom. The predicted octanol–water partition coefficient (Wildman–Crippen LogP) is 5.08. The number of nitrogens with one attached hydrogen (secondary N) is 3. The molecular weight excluding hydrogens is 656 g/mol. The highest BCUT2D eigenvalue weighted by Gasteiger charge is 2.28. The summed E-state index contributed by atoms with van der Waals surface area (Å²) in [5.41, 5.74) is 5.33. The second-order valence-electron chi connectivity index (χ2n) is 13.7. The lowest BCUT2D eigenvalue weighted by Gasteiger charge is -2.30. The minimum Gasteiger partial charge on any atom is -0.505 e. The van der Waals surface area contributed by atoms with Crippen LogP contribution in [-0.2, 0) is 44.8 Å². The van der Waals surface area contributed by atoms with Crippen molar-refractivity contribution in [2.45, 2.75) is 58.0 Å². The number of carbonyl (C=O) groups is 3. The number of rotatable bonds is 9. The van der Waals surface area contributed by atoms with Crippen molar-refractivity contribution in [2.75, 3.05) is 30.3 Å². The van der Waals surface area contributed by atoms with Crippen LogP contribution in [0.25, 0.3) is 11.1 Å². The van der Waals surface area contributed by atoms with Gasteiger partial charge in [-0.1, -0.05) is 35.9 Å². The van der Waals surface area contributed by atoms with E-state index in [1.807, 2.05) is 18.7 Å². The number of nitrogens with zero attached hydrogens (tertiary/aromatic N) is 5. The molecule has 13 heteroatoms. The Morgan fingerprint density at radius 2 is 1.56 bits per heavy atom. The molecule has 0 unspecified atom stereocenters. The average molecular weight is 699 g/mol. The first-order valence-electron chi connectivity index (χ1n) is 17.4. The molecule has 1 saturated carbocycles. The van der Waals surface area contributed by atoms with E-state index in [1.165, 1.54) is 0 Å². The van der Waals surface area contributed by atoms with Gasteiger partial charge in [0.2, 0.25) is 0 Å². The number of imidazole rings is 2. The molecule has 12 nitrogen and oxygen atoms in total. The fraction of sp³-hybridized carbons (Fsp3) is 0.432. The van der Waals surface area contributed by atoms with Crippen molar-refractivity contribution in [2.24, 2.45) is 25.9 Å². The van der Waals surface area contributed by atoms with Crippen LogP contribution in [-0.4, -0.2) is 66.8 Å². The van der Waals surface area contributed by atoms with Gasteiger partial charge in [-0.25, -0.2) is 9.97 Å². The van der Waals surface area contributed by atoms with Crippen molar-refractivity contribution >= 4 is 41.1 Å². The number of hydrogen-bond donors (Lipinski definition) is 4. The Kier molecular flexibility index (Phi) is 9.76. The number of benzene rings is 2. The van der Waals surface area contributed by atoms with Crippen LogP contribution in [0.3, 0.4) is 0 Å². The van der Waals surface area contributed by atoms with Crippen LogP contribution in [0.2, 0.25) is 5.02 Å². The van der Waals surface area contributed by atoms with Crippen molar-refractivity contribution < 1.29 is 19.5 Å². The van der Waals surface area contributed by atoms with Crippen LogP contribution < -0.4 is 16.0 Å². The zero-order valence-electron chi connectivity index (χ0n) is 28.5. The van der Waals surface area contributed by atoms with Crippen molar-refractivity contribution in [3.8, 4) is 16.9 Å². The quantitative estimate of drug-likeness (QED) is 0.140. The van der Waals surface area contributed by atoms with Gasteiger partial charge in [-0.2, -0.15) is 0 Å². The van der Waals surface area contributed by atoms with Gasteiger partial charge in [0.25, 0.3) is 11.8 Å². The summed E-state index contributed by atoms with van der Waals surface area (Å²) in [5.74, 6) is 0.517. The van der Waals surface area contributed by atoms with Crippen LogP contribution in [0, 0.1) is 11.8 Å². The maximum absolute atomic E-state index is 13.6. The van der Waals surface area contributed by atoms with Gasteiger partial charge < -0.3 is 35.0 Å². The molecule has 0 radical (unpaired) electrons. The van der Waals surface area contributed by atoms with Crippen LogP contribution >= 0.6 is 11.6 Å². The SMILES string of the molecule is Cn1c(C(=O)Nc2cccc(-c3cccc(NC(=O)c4nc5c(n4C)CCN(CCC4CCC(C=O)CC4)C5)c3Cl)c2O)nc2c1CCNC2. The zero-order valence-corrected chi connectivity index (χ0v) is 29.2. The van der Waals surface area contributed by atoms with Gasteiger partial charge in [0.15, 0.2) is 11.6 Å². The van der Waals surface area contributed by atoms with Crippen LogP contribution in [0.5, 0.6) is 5.75 Å². The summed E-state index contributed by atoms with van der Waals surface area (Å²) in [6.45, 7) is 4.02. The molecule has 2 aromatic carbocycles. The van der Waals surface area contributed by atoms with Crippen molar-refractivity contribution in [3.63, 3.8) is 0 Å². The molecule has 0 bridgehead atoms. The number of hydrogen-bond acceptors (Lipinski definition) is 8. The summed E-state index contributed by atoms with van der Waals surface area (Å²) in [4.78, 5) is 49.6. The van der Waals surface area contributed by atoms with Gasteiger partial charge in [-0.3, -0.25) is 14.5 Å². The summed E-state index contributed by atoms with van der Waals surface area (Å²) in [6.07, 6.45) is 8.06. The van der Waals surface area contributed by atoms with E-state index in [4.69, 9.17) is 16.6 Å². The van der Waals surface area contributed by atoms with E-state index in [1.54, 1.807) is 41.0 Å². The first-order valence-corrected chi connectivity index (χ1v) is 17.8. The molecule has 0 saturated heterocycles. The topological polar surface area (TPSA) is 146 Å². The van der Waals surface area contributed by atoms with Crippen LogP contribution in [0.4, 0.5) is 11.4 Å². The van der Waals surface area contributed by atoms with E-state index >= 15 is 0 Å². The normalized spacial score (nSPS) is 19.0. The molecule has 4 heterocycles. The van der Waals surface area contributed by atoms with E-state index in [2.05, 4.69) is 25.8 Å². The van der Waals surface area contributed by atoms with Gasteiger partial charge in [0.05, 0.1) is 27.8 Å². The first kappa shape index (κ1) is 34.0. The van der Waals surface area contributed by atoms with E-state index in [-0.39, 0.29) is 34.1 Å². The molecule has 2 aromatic heterocycles. The van der Waals surface area contributed by atoms with Gasteiger partial charge in [0, 0.05) is 81.5 Å². The summed E-state index contributed by atoms with van der Waals surface area (Å²) >= 11 is 6.87. The van der Waals surface area contributed by atoms with E-state index in [0.29, 0.717) is 41.6 Å². The molecule has 1 fully saturated rings. The Labute approximate surface area is 296 Å². The summed E-state index contributed by atoms with van der Waals surface area (Å²) < 4.78 is 3.67. The Balaban J connectivity index is 1.03. The maximum Gasteiger partial charge on any atom is 0.291 e. The lowest BCUT2D eigenvalue weighted by Crippen LogP contribution is -2.33. The number of aromatic nitrogens is 4. The number of aromatic hydroxyl groups is 1. The number of fused-ring (bicyclic) bond motifs is 2. The number of para-hydroxylation sites is 1. The van der Waals surface area contributed by atoms with Crippen LogP contribution in [0.15, 0.2) is 36.4 Å². The van der Waals surface area contributed by atoms with Crippen molar-refractivity contribution in [3.05, 3.63) is 75.8 Å². The Morgan fingerprint density at radius 1 is 0.920 bits per heavy atom. The molecule has 262 valence electrons. The maximum atomic E-state index is 13.6. The molecule has 50 heavy (non-hydrogen) atoms. The van der Waals surface area contributed by atoms with Crippen LogP contribution in [0.1, 0.15) is 76.1 Å². The number of amides is 2. The minimum absolute atomic E-state index is 0.151. The lowest BCUT2D eigenvalue weighted by molar-refractivity contribution is -0.112. The number of phenolic OH excluding ortho intramolecular Hbond substituents is 1. The fourth-order valence-electron chi connectivity index (χ4n) is 7.67. The Bertz CT molecular complexity index is 1940. The Hall–Kier alpha value is -4.52. The third-order valence-corrected chi connectivity index (χ3v) is 11.0. The third-order valence-electron chi connectivity index (χ3n) is 10.6. The van der Waals surface area contributed by atoms with Gasteiger partial charge in [-0.05, 0) is 56.7 Å². The molecule has 7 rings (SSSR count). The van der Waals surface area contributed by atoms with Crippen molar-refractivity contribution in [1.29, 1.82) is 0 Å². The molecular formula is C37H43ClN8O4. The predicted molar refractivity (Wildman–Crippen MR) is 191 cm³/mol. The number of carbonyl (C=O) groups excluding carboxylic acids is 3. The molecule has 2 aliphatic heterocycles. The first-order chi connectivity index (χ1) is 24.2. The second kappa shape index (κ2) is 14.4. The summed E-state index contributed by atoms with van der Waals surface area (Å²) in [6, 6.07) is 10.3. The average Bonchev–Trinajstić information content (AvgIpc) is 3.65. The second-order valence-corrected chi connectivity index (χ2v) is 14.1. The fourth-order valence-corrected chi connectivity index (χ4v) is 7.94. The van der Waals surface area contributed by atoms with E-state index < -0.39 is 5.91 Å². The molecule has 4 N–H and O–H groups in total. The van der Waals surface area contributed by atoms with Gasteiger partial charge >= 0.3 is 0 Å². The summed E-state index contributed by atoms with van der Waals surface area (Å²) in [5, 5.41) is 20.6.